The van der Waals surface area contributed by atoms with Gasteiger partial charge in [-0.1, -0.05) is 41.0 Å². The second-order valence-corrected chi connectivity index (χ2v) is 7.30. The highest BCUT2D eigenvalue weighted by molar-refractivity contribution is 8.14. The van der Waals surface area contributed by atoms with Gasteiger partial charge in [-0.3, -0.25) is 0 Å². The van der Waals surface area contributed by atoms with Crippen LogP contribution in [0.5, 0.6) is 0 Å². The zero-order valence-corrected chi connectivity index (χ0v) is 15.1. The Bertz CT molecular complexity index is 921. The molecule has 0 amide bonds. The maximum absolute atomic E-state index is 6.18. The molecule has 1 aliphatic heterocycles. The monoisotopic (exact) mass is 390 g/mol. The lowest BCUT2D eigenvalue weighted by molar-refractivity contribution is 0.432. The predicted octanol–water partition coefficient (Wildman–Crippen LogP) is 6.18. The Morgan fingerprint density at radius 1 is 1.04 bits per heavy atom. The molecule has 4 nitrogen and oxygen atoms in total. The van der Waals surface area contributed by atoms with Gasteiger partial charge in [-0.2, -0.15) is 0 Å². The number of nitrogens with zero attached hydrogens (tertiary/aromatic N) is 2. The van der Waals surface area contributed by atoms with E-state index < -0.39 is 0 Å². The number of aliphatic imine (C=N–C) groups is 2. The van der Waals surface area contributed by atoms with Gasteiger partial charge in [0.25, 0.3) is 0 Å². The van der Waals surface area contributed by atoms with Gasteiger partial charge in [0, 0.05) is 16.8 Å². The van der Waals surface area contributed by atoms with Crippen LogP contribution in [0.25, 0.3) is 0 Å². The van der Waals surface area contributed by atoms with Gasteiger partial charge >= 0.3 is 0 Å². The maximum atomic E-state index is 6.18. The number of benzene rings is 1. The van der Waals surface area contributed by atoms with Crippen LogP contribution in [0, 0.1) is 0 Å². The molecule has 0 radical (unpaired) electrons. The minimum Gasteiger partial charge on any atom is -0.468 e. The topological polar surface area (TPSA) is 51.0 Å². The van der Waals surface area contributed by atoms with E-state index in [1.165, 1.54) is 11.8 Å². The van der Waals surface area contributed by atoms with Crippen LogP contribution in [-0.4, -0.2) is 11.4 Å². The van der Waals surface area contributed by atoms with Crippen molar-refractivity contribution in [3.63, 3.8) is 0 Å². The molecule has 0 N–H and O–H groups in total. The highest BCUT2D eigenvalue weighted by Crippen LogP contribution is 2.48. The Morgan fingerprint density at radius 3 is 2.48 bits per heavy atom. The molecule has 1 aliphatic rings. The smallest absolute Gasteiger partial charge is 0.184 e. The summed E-state index contributed by atoms with van der Waals surface area (Å²) in [5, 5.41) is 1.76. The third-order valence-electron chi connectivity index (χ3n) is 3.70. The summed E-state index contributed by atoms with van der Waals surface area (Å²) in [4.78, 5) is 9.17. The number of hydrogen-bond donors (Lipinski definition) is 0. The van der Waals surface area contributed by atoms with Crippen molar-refractivity contribution in [3.05, 3.63) is 82.1 Å². The van der Waals surface area contributed by atoms with E-state index in [-0.39, 0.29) is 11.3 Å². The van der Waals surface area contributed by atoms with Crippen molar-refractivity contribution in [2.75, 3.05) is 0 Å². The van der Waals surface area contributed by atoms with Gasteiger partial charge in [-0.25, -0.2) is 9.98 Å². The highest BCUT2D eigenvalue weighted by Gasteiger charge is 2.36. The van der Waals surface area contributed by atoms with Crippen molar-refractivity contribution < 1.29 is 8.83 Å². The first-order valence-electron chi connectivity index (χ1n) is 7.51. The lowest BCUT2D eigenvalue weighted by Gasteiger charge is -2.11. The summed E-state index contributed by atoms with van der Waals surface area (Å²) in [7, 11) is 0. The fourth-order valence-corrected chi connectivity index (χ4v) is 4.08. The first-order valence-corrected chi connectivity index (χ1v) is 9.14. The molecule has 4 rings (SSSR count). The molecular formula is C18H12Cl2N2O2S. The predicted molar refractivity (Wildman–Crippen MR) is 102 cm³/mol. The number of rotatable bonds is 3. The van der Waals surface area contributed by atoms with Gasteiger partial charge in [0.05, 0.1) is 17.5 Å². The fraction of sp³-hybridized carbons (Fsp3) is 0.111. The molecule has 0 aliphatic carbocycles. The SMILES string of the molecule is Clc1ccc(C=NC2=N[C@H](c3ccco3)[C@H](c3ccco3)S2)c(Cl)c1. The molecule has 0 unspecified atom stereocenters. The fourth-order valence-electron chi connectivity index (χ4n) is 2.53. The number of furan rings is 2. The molecule has 0 spiro atoms. The van der Waals surface area contributed by atoms with Crippen LogP contribution in [0.4, 0.5) is 0 Å². The molecule has 7 heteroatoms. The van der Waals surface area contributed by atoms with E-state index in [0.29, 0.717) is 15.2 Å². The van der Waals surface area contributed by atoms with Gasteiger partial charge in [0.15, 0.2) is 5.17 Å². The number of hydrogen-bond acceptors (Lipinski definition) is 5. The molecule has 3 aromatic rings. The van der Waals surface area contributed by atoms with Crippen LogP contribution in [-0.2, 0) is 0 Å². The Morgan fingerprint density at radius 2 is 1.80 bits per heavy atom. The van der Waals surface area contributed by atoms with Crippen LogP contribution >= 0.6 is 35.0 Å². The average molecular weight is 391 g/mol. The van der Waals surface area contributed by atoms with Crippen molar-refractivity contribution >= 4 is 46.3 Å². The van der Waals surface area contributed by atoms with Crippen LogP contribution in [0.2, 0.25) is 10.0 Å². The second-order valence-electron chi connectivity index (χ2n) is 5.35. The summed E-state index contributed by atoms with van der Waals surface area (Å²) >= 11 is 13.6. The van der Waals surface area contributed by atoms with Crippen molar-refractivity contribution in [1.29, 1.82) is 0 Å². The molecule has 126 valence electrons. The highest BCUT2D eigenvalue weighted by atomic mass is 35.5. The van der Waals surface area contributed by atoms with Crippen molar-refractivity contribution in [2.24, 2.45) is 9.98 Å². The van der Waals surface area contributed by atoms with Crippen molar-refractivity contribution in [3.8, 4) is 0 Å². The van der Waals surface area contributed by atoms with E-state index in [1.807, 2.05) is 30.3 Å². The van der Waals surface area contributed by atoms with Gasteiger partial charge in [-0.05, 0) is 36.4 Å². The van der Waals surface area contributed by atoms with Gasteiger partial charge in [-0.15, -0.1) is 0 Å². The molecule has 1 aromatic carbocycles. The Hall–Kier alpha value is -1.95. The molecule has 0 fully saturated rings. The number of thioether (sulfide) groups is 1. The molecule has 0 bridgehead atoms. The third kappa shape index (κ3) is 3.54. The molecule has 2 atom stereocenters. The van der Waals surface area contributed by atoms with E-state index in [1.54, 1.807) is 30.9 Å². The third-order valence-corrected chi connectivity index (χ3v) is 5.43. The lowest BCUT2D eigenvalue weighted by atomic mass is 10.1. The molecule has 0 saturated heterocycles. The molecule has 2 aromatic heterocycles. The lowest BCUT2D eigenvalue weighted by Crippen LogP contribution is -1.99. The van der Waals surface area contributed by atoms with Gasteiger partial charge in [0.2, 0.25) is 0 Å². The average Bonchev–Trinajstić information content (AvgIpc) is 3.34. The van der Waals surface area contributed by atoms with Crippen LogP contribution in [0.3, 0.4) is 0 Å². The first-order chi connectivity index (χ1) is 12.2. The van der Waals surface area contributed by atoms with Crippen LogP contribution in [0.15, 0.2) is 73.8 Å². The van der Waals surface area contributed by atoms with Crippen molar-refractivity contribution in [2.45, 2.75) is 11.3 Å². The largest absolute Gasteiger partial charge is 0.468 e. The van der Waals surface area contributed by atoms with Gasteiger partial charge < -0.3 is 8.83 Å². The summed E-state index contributed by atoms with van der Waals surface area (Å²) in [6.45, 7) is 0. The number of halogens is 2. The van der Waals surface area contributed by atoms with E-state index in [0.717, 1.165) is 17.1 Å². The van der Waals surface area contributed by atoms with E-state index in [2.05, 4.69) is 9.98 Å². The first kappa shape index (κ1) is 16.5. The summed E-state index contributed by atoms with van der Waals surface area (Å²) in [5.74, 6) is 1.62. The Balaban J connectivity index is 1.61. The quantitative estimate of drug-likeness (QED) is 0.501. The maximum Gasteiger partial charge on any atom is 0.184 e. The minimum atomic E-state index is -0.181. The Kier molecular flexibility index (Phi) is 4.70. The molecule has 25 heavy (non-hydrogen) atoms. The summed E-state index contributed by atoms with van der Waals surface area (Å²) in [5.41, 5.74) is 0.783. The molecule has 3 heterocycles. The minimum absolute atomic E-state index is 0.0195. The van der Waals surface area contributed by atoms with E-state index in [9.17, 15) is 0 Å². The standard InChI is InChI=1S/C18H12Cl2N2O2S/c19-12-6-5-11(13(20)9-12)10-21-18-22-16(14-3-1-7-23-14)17(25-18)15-4-2-8-24-15/h1-10,16-17H/t16-,17+/m1/s1. The van der Waals surface area contributed by atoms with Crippen molar-refractivity contribution in [1.82, 2.24) is 0 Å². The number of amidine groups is 1. The van der Waals surface area contributed by atoms with E-state index in [4.69, 9.17) is 32.0 Å². The zero-order chi connectivity index (χ0) is 17.2. The molecular weight excluding hydrogens is 379 g/mol. The zero-order valence-electron chi connectivity index (χ0n) is 12.8. The van der Waals surface area contributed by atoms with Gasteiger partial charge in [0.1, 0.15) is 22.8 Å². The summed E-state index contributed by atoms with van der Waals surface area (Å²) in [6, 6.07) is 12.7. The normalized spacial score (nSPS) is 20.3. The van der Waals surface area contributed by atoms with Crippen LogP contribution < -0.4 is 0 Å². The molecule has 0 saturated carbocycles. The summed E-state index contributed by atoms with van der Waals surface area (Å²) < 4.78 is 11.1. The van der Waals surface area contributed by atoms with E-state index >= 15 is 0 Å². The Labute approximate surface area is 158 Å². The summed E-state index contributed by atoms with van der Waals surface area (Å²) in [6.07, 6.45) is 4.99. The van der Waals surface area contributed by atoms with Crippen LogP contribution in [0.1, 0.15) is 28.4 Å². The second kappa shape index (κ2) is 7.12.